The highest BCUT2D eigenvalue weighted by Crippen LogP contribution is 2.34. The molecule has 0 N–H and O–H groups in total. The van der Waals surface area contributed by atoms with Crippen molar-refractivity contribution < 1.29 is 14.3 Å². The monoisotopic (exact) mass is 577 g/mol. The molecule has 2 aromatic carbocycles. The molecule has 2 aliphatic rings. The van der Waals surface area contributed by atoms with Crippen LogP contribution in [-0.4, -0.2) is 76.5 Å². The fraction of sp³-hybridized carbons (Fsp3) is 0.469. The second-order valence-corrected chi connectivity index (χ2v) is 12.6. The van der Waals surface area contributed by atoms with Gasteiger partial charge in [0.2, 0.25) is 0 Å². The fourth-order valence-electron chi connectivity index (χ4n) is 5.65. The van der Waals surface area contributed by atoms with Crippen LogP contribution in [0.2, 0.25) is 5.02 Å². The van der Waals surface area contributed by atoms with Crippen LogP contribution in [-0.2, 0) is 4.74 Å². The number of likely N-dealkylation sites (tertiary alicyclic amines) is 1. The van der Waals surface area contributed by atoms with E-state index < -0.39 is 5.60 Å². The number of rotatable bonds is 4. The lowest BCUT2D eigenvalue weighted by Crippen LogP contribution is -2.49. The van der Waals surface area contributed by atoms with Gasteiger partial charge in [0.15, 0.2) is 0 Å². The second kappa shape index (κ2) is 11.8. The summed E-state index contributed by atoms with van der Waals surface area (Å²) in [6.07, 6.45) is 2.92. The third-order valence-corrected chi connectivity index (χ3v) is 8.28. The first-order chi connectivity index (χ1) is 19.5. The molecule has 0 unspecified atom stereocenters. The van der Waals surface area contributed by atoms with Crippen molar-refractivity contribution in [1.82, 2.24) is 19.6 Å². The van der Waals surface area contributed by atoms with E-state index in [2.05, 4.69) is 43.0 Å². The Kier molecular flexibility index (Phi) is 8.32. The highest BCUT2D eigenvalue weighted by atomic mass is 35.5. The highest BCUT2D eigenvalue weighted by Gasteiger charge is 2.34. The van der Waals surface area contributed by atoms with Gasteiger partial charge in [-0.15, -0.1) is 0 Å². The quantitative estimate of drug-likeness (QED) is 0.368. The molecular weight excluding hydrogens is 538 g/mol. The largest absolute Gasteiger partial charge is 0.444 e. The zero-order chi connectivity index (χ0) is 29.3. The second-order valence-electron chi connectivity index (χ2n) is 12.1. The summed E-state index contributed by atoms with van der Waals surface area (Å²) >= 11 is 6.21. The van der Waals surface area contributed by atoms with Crippen LogP contribution in [0.5, 0.6) is 0 Å². The maximum Gasteiger partial charge on any atom is 0.410 e. The molecule has 9 heteroatoms. The van der Waals surface area contributed by atoms with Crippen molar-refractivity contribution in [3.63, 3.8) is 0 Å². The number of carbonyl (C=O) groups is 2. The van der Waals surface area contributed by atoms with Gasteiger partial charge in [0, 0.05) is 55.9 Å². The minimum atomic E-state index is -0.535. The molecule has 2 saturated heterocycles. The SMILES string of the molecule is Cc1ccc(-n2ncc(C(=O)N3CCN(c4cccc(Cl)c4)CC3)c2C2CCN(C(=O)OC(C)(C)C)CC2)cc1C. The smallest absolute Gasteiger partial charge is 0.410 e. The summed E-state index contributed by atoms with van der Waals surface area (Å²) in [4.78, 5) is 32.7. The number of piperidine rings is 1. The van der Waals surface area contributed by atoms with Crippen molar-refractivity contribution in [1.29, 1.82) is 0 Å². The van der Waals surface area contributed by atoms with E-state index in [0.29, 0.717) is 36.8 Å². The van der Waals surface area contributed by atoms with Crippen molar-refractivity contribution in [2.24, 2.45) is 0 Å². The molecule has 1 aromatic heterocycles. The number of hydrogen-bond acceptors (Lipinski definition) is 5. The van der Waals surface area contributed by atoms with Crippen LogP contribution >= 0.6 is 11.6 Å². The first-order valence-electron chi connectivity index (χ1n) is 14.4. The fourth-order valence-corrected chi connectivity index (χ4v) is 5.84. The molecule has 2 amide bonds. The number of ether oxygens (including phenoxy) is 1. The third kappa shape index (κ3) is 6.53. The van der Waals surface area contributed by atoms with Crippen LogP contribution < -0.4 is 4.90 Å². The Morgan fingerprint density at radius 1 is 0.878 bits per heavy atom. The Labute approximate surface area is 247 Å². The van der Waals surface area contributed by atoms with E-state index in [9.17, 15) is 9.59 Å². The number of halogens is 1. The van der Waals surface area contributed by atoms with E-state index in [0.717, 1.165) is 43.0 Å². The van der Waals surface area contributed by atoms with Crippen molar-refractivity contribution in [3.8, 4) is 5.69 Å². The van der Waals surface area contributed by atoms with Crippen LogP contribution in [0.1, 0.15) is 66.7 Å². The Morgan fingerprint density at radius 2 is 1.59 bits per heavy atom. The van der Waals surface area contributed by atoms with Gasteiger partial charge >= 0.3 is 6.09 Å². The maximum absolute atomic E-state index is 14.0. The summed E-state index contributed by atoms with van der Waals surface area (Å²) < 4.78 is 7.55. The summed E-state index contributed by atoms with van der Waals surface area (Å²) in [7, 11) is 0. The lowest BCUT2D eigenvalue weighted by molar-refractivity contribution is 0.0203. The Morgan fingerprint density at radius 3 is 2.22 bits per heavy atom. The van der Waals surface area contributed by atoms with Gasteiger partial charge in [-0.1, -0.05) is 23.7 Å². The number of hydrogen-bond donors (Lipinski definition) is 0. The first kappa shape index (κ1) is 29.0. The Bertz CT molecular complexity index is 1410. The number of anilines is 1. The molecule has 8 nitrogen and oxygen atoms in total. The first-order valence-corrected chi connectivity index (χ1v) is 14.8. The van der Waals surface area contributed by atoms with Gasteiger partial charge in [0.25, 0.3) is 5.91 Å². The number of nitrogens with zero attached hydrogens (tertiary/aromatic N) is 5. The van der Waals surface area contributed by atoms with Crippen molar-refractivity contribution in [3.05, 3.63) is 76.1 Å². The van der Waals surface area contributed by atoms with Gasteiger partial charge in [-0.3, -0.25) is 4.79 Å². The van der Waals surface area contributed by atoms with Crippen LogP contribution in [0, 0.1) is 13.8 Å². The van der Waals surface area contributed by atoms with Gasteiger partial charge in [0.1, 0.15) is 5.60 Å². The van der Waals surface area contributed by atoms with Crippen LogP contribution in [0.4, 0.5) is 10.5 Å². The molecule has 5 rings (SSSR count). The predicted octanol–water partition coefficient (Wildman–Crippen LogP) is 6.22. The average molecular weight is 578 g/mol. The van der Waals surface area contributed by atoms with Crippen LogP contribution in [0.3, 0.4) is 0 Å². The normalized spacial score (nSPS) is 16.7. The Balaban J connectivity index is 1.38. The van der Waals surface area contributed by atoms with E-state index in [1.807, 2.05) is 48.6 Å². The minimum Gasteiger partial charge on any atom is -0.444 e. The molecule has 3 aromatic rings. The lowest BCUT2D eigenvalue weighted by atomic mass is 9.90. The average Bonchev–Trinajstić information content (AvgIpc) is 3.38. The zero-order valence-electron chi connectivity index (χ0n) is 24.7. The lowest BCUT2D eigenvalue weighted by Gasteiger charge is -2.37. The van der Waals surface area contributed by atoms with Gasteiger partial charge < -0.3 is 19.4 Å². The van der Waals surface area contributed by atoms with Gasteiger partial charge in [-0.2, -0.15) is 5.10 Å². The standard InChI is InChI=1S/C32H40ClN5O3/c1-22-9-10-27(19-23(22)2)38-29(24-11-13-37(14-12-24)31(40)41-32(3,4)5)28(21-34-38)30(39)36-17-15-35(16-18-36)26-8-6-7-25(33)20-26/h6-10,19-21,24H,11-18H2,1-5H3. The molecular formula is C32H40ClN5O3. The predicted molar refractivity (Wildman–Crippen MR) is 162 cm³/mol. The highest BCUT2D eigenvalue weighted by molar-refractivity contribution is 6.30. The van der Waals surface area contributed by atoms with E-state index in [1.165, 1.54) is 11.1 Å². The van der Waals surface area contributed by atoms with Crippen LogP contribution in [0.25, 0.3) is 5.69 Å². The molecule has 0 spiro atoms. The van der Waals surface area contributed by atoms with Gasteiger partial charge in [-0.05, 0) is 88.9 Å². The zero-order valence-corrected chi connectivity index (χ0v) is 25.4. The molecule has 0 radical (unpaired) electrons. The molecule has 0 aliphatic carbocycles. The molecule has 41 heavy (non-hydrogen) atoms. The number of benzene rings is 2. The Hall–Kier alpha value is -3.52. The van der Waals surface area contributed by atoms with Gasteiger partial charge in [0.05, 0.1) is 23.1 Å². The van der Waals surface area contributed by atoms with Crippen LogP contribution in [0.15, 0.2) is 48.7 Å². The summed E-state index contributed by atoms with van der Waals surface area (Å²) in [5.74, 6) is 0.0971. The van der Waals surface area contributed by atoms with Crippen molar-refractivity contribution >= 4 is 29.3 Å². The van der Waals surface area contributed by atoms with Crippen molar-refractivity contribution in [2.45, 2.75) is 59.0 Å². The molecule has 3 heterocycles. The van der Waals surface area contributed by atoms with Gasteiger partial charge in [-0.25, -0.2) is 9.48 Å². The van der Waals surface area contributed by atoms with Crippen molar-refractivity contribution in [2.75, 3.05) is 44.2 Å². The van der Waals surface area contributed by atoms with E-state index in [4.69, 9.17) is 21.4 Å². The number of aryl methyl sites for hydroxylation is 2. The molecule has 2 fully saturated rings. The molecule has 2 aliphatic heterocycles. The number of carbonyl (C=O) groups excluding carboxylic acids is 2. The maximum atomic E-state index is 14.0. The number of piperazine rings is 1. The molecule has 0 saturated carbocycles. The summed E-state index contributed by atoms with van der Waals surface area (Å²) in [5, 5.41) is 5.47. The number of amides is 2. The molecule has 0 bridgehead atoms. The summed E-state index contributed by atoms with van der Waals surface area (Å²) in [5.41, 5.74) is 5.45. The molecule has 218 valence electrons. The number of aromatic nitrogens is 2. The minimum absolute atomic E-state index is 0.00963. The van der Waals surface area contributed by atoms with E-state index >= 15 is 0 Å². The summed E-state index contributed by atoms with van der Waals surface area (Å²) in [6, 6.07) is 14.1. The van der Waals surface area contributed by atoms with E-state index in [1.54, 1.807) is 11.1 Å². The third-order valence-electron chi connectivity index (χ3n) is 8.05. The topological polar surface area (TPSA) is 70.9 Å². The summed E-state index contributed by atoms with van der Waals surface area (Å²) in [6.45, 7) is 13.7. The molecule has 0 atom stereocenters. The van der Waals surface area contributed by atoms with E-state index in [-0.39, 0.29) is 17.9 Å².